The predicted octanol–water partition coefficient (Wildman–Crippen LogP) is 14.2. The fraction of sp³-hybridized carbons (Fsp3) is 0.811. The second-order valence-electron chi connectivity index (χ2n) is 18.9. The van der Waals surface area contributed by atoms with E-state index in [1.807, 2.05) is 30.3 Å². The van der Waals surface area contributed by atoms with Crippen LogP contribution in [0, 0.1) is 0 Å². The van der Waals surface area contributed by atoms with E-state index < -0.39 is 29.7 Å². The minimum Gasteiger partial charge on any atom is -0.463 e. The zero-order valence-corrected chi connectivity index (χ0v) is 40.6. The third kappa shape index (κ3) is 36.4. The van der Waals surface area contributed by atoms with Crippen molar-refractivity contribution < 1.29 is 33.4 Å². The van der Waals surface area contributed by atoms with Gasteiger partial charge in [0.1, 0.15) is 24.9 Å². The zero-order chi connectivity index (χ0) is 45.4. The first-order valence-corrected chi connectivity index (χ1v) is 25.7. The first-order chi connectivity index (χ1) is 30.0. The Morgan fingerprint density at radius 3 is 1.16 bits per heavy atom. The normalized spacial score (nSPS) is 12.0. The minimum absolute atomic E-state index is 0.139. The summed E-state index contributed by atoms with van der Waals surface area (Å²) in [5.74, 6) is -1.16. The number of ether oxygens (including phenoxy) is 3. The number of hydrogen-bond acceptors (Lipinski definition) is 7. The Morgan fingerprint density at radius 1 is 0.484 bits per heavy atom. The molecule has 0 fully saturated rings. The summed E-state index contributed by atoms with van der Waals surface area (Å²) in [5, 5.41) is 5.61. The molecule has 9 heteroatoms. The number of alkyl carbamates (subject to hydrolysis) is 1. The quantitative estimate of drug-likeness (QED) is 0.0382. The van der Waals surface area contributed by atoms with Crippen LogP contribution in [0.1, 0.15) is 246 Å². The molecular formula is C53H94N2O7. The summed E-state index contributed by atoms with van der Waals surface area (Å²) in [6.07, 6.45) is 37.6. The van der Waals surface area contributed by atoms with Crippen LogP contribution < -0.4 is 10.6 Å². The van der Waals surface area contributed by atoms with Crippen LogP contribution in [-0.2, 0) is 35.0 Å². The van der Waals surface area contributed by atoms with Crippen LogP contribution >= 0.6 is 0 Å². The van der Waals surface area contributed by atoms with Crippen molar-refractivity contribution in [3.8, 4) is 0 Å². The van der Waals surface area contributed by atoms with E-state index in [-0.39, 0.29) is 31.6 Å². The van der Waals surface area contributed by atoms with Crippen molar-refractivity contribution >= 4 is 23.9 Å². The summed E-state index contributed by atoms with van der Waals surface area (Å²) in [6.45, 7) is 9.53. The average Bonchev–Trinajstić information content (AvgIpc) is 3.24. The molecule has 1 unspecified atom stereocenters. The third-order valence-electron chi connectivity index (χ3n) is 11.5. The predicted molar refractivity (Wildman–Crippen MR) is 256 cm³/mol. The summed E-state index contributed by atoms with van der Waals surface area (Å²) >= 11 is 0. The van der Waals surface area contributed by atoms with Crippen LogP contribution in [-0.4, -0.2) is 54.8 Å². The summed E-state index contributed by atoms with van der Waals surface area (Å²) in [7, 11) is 0. The van der Waals surface area contributed by atoms with Crippen molar-refractivity contribution in [3.63, 3.8) is 0 Å². The molecule has 0 heterocycles. The van der Waals surface area contributed by atoms with Gasteiger partial charge in [-0.3, -0.25) is 14.4 Å². The Hall–Kier alpha value is -3.10. The van der Waals surface area contributed by atoms with Gasteiger partial charge >= 0.3 is 18.0 Å². The molecule has 2 N–H and O–H groups in total. The second kappa shape index (κ2) is 39.5. The highest BCUT2D eigenvalue weighted by molar-refractivity contribution is 5.86. The molecule has 1 atom stereocenters. The van der Waals surface area contributed by atoms with Crippen molar-refractivity contribution in [1.82, 2.24) is 10.6 Å². The van der Waals surface area contributed by atoms with Gasteiger partial charge in [-0.25, -0.2) is 4.79 Å². The molecule has 0 aliphatic rings. The maximum Gasteiger partial charge on any atom is 0.408 e. The van der Waals surface area contributed by atoms with Gasteiger partial charge in [0.15, 0.2) is 0 Å². The monoisotopic (exact) mass is 871 g/mol. The molecule has 0 spiro atoms. The summed E-state index contributed by atoms with van der Waals surface area (Å²) in [4.78, 5) is 52.2. The van der Waals surface area contributed by atoms with Crippen molar-refractivity contribution in [2.45, 2.75) is 264 Å². The fourth-order valence-corrected chi connectivity index (χ4v) is 7.75. The van der Waals surface area contributed by atoms with Gasteiger partial charge in [-0.1, -0.05) is 224 Å². The molecule has 2 amide bonds. The number of carbonyl (C=O) groups excluding carboxylic acids is 4. The highest BCUT2D eigenvalue weighted by Crippen LogP contribution is 2.16. The summed E-state index contributed by atoms with van der Waals surface area (Å²) in [6, 6.07) is 7.64. The number of rotatable bonds is 41. The average molecular weight is 871 g/mol. The van der Waals surface area contributed by atoms with Crippen LogP contribution in [0.4, 0.5) is 4.79 Å². The van der Waals surface area contributed by atoms with Gasteiger partial charge in [0, 0.05) is 19.3 Å². The molecule has 0 bridgehead atoms. The largest absolute Gasteiger partial charge is 0.463 e. The Morgan fingerprint density at radius 2 is 0.823 bits per heavy atom. The minimum atomic E-state index is -0.971. The number of hydrogen-bond donors (Lipinski definition) is 2. The van der Waals surface area contributed by atoms with Crippen molar-refractivity contribution in [2.24, 2.45) is 0 Å². The molecule has 1 aromatic rings. The molecule has 0 saturated heterocycles. The number of benzene rings is 1. The van der Waals surface area contributed by atoms with Gasteiger partial charge in [-0.05, 0) is 39.2 Å². The van der Waals surface area contributed by atoms with Crippen LogP contribution in [0.15, 0.2) is 30.3 Å². The fourth-order valence-electron chi connectivity index (χ4n) is 7.75. The Balaban J connectivity index is 2.54. The number of nitrogens with one attached hydrogen (secondary N) is 2. The zero-order valence-electron chi connectivity index (χ0n) is 40.6. The van der Waals surface area contributed by atoms with Crippen LogP contribution in [0.2, 0.25) is 0 Å². The molecular weight excluding hydrogens is 777 g/mol. The van der Waals surface area contributed by atoms with Crippen molar-refractivity contribution in [1.29, 1.82) is 0 Å². The molecule has 1 aromatic carbocycles. The van der Waals surface area contributed by atoms with E-state index in [9.17, 15) is 19.2 Å². The van der Waals surface area contributed by atoms with Gasteiger partial charge in [0.05, 0.1) is 6.04 Å². The van der Waals surface area contributed by atoms with Crippen molar-refractivity contribution in [3.05, 3.63) is 35.9 Å². The maximum absolute atomic E-state index is 13.7. The molecule has 0 radical (unpaired) electrons. The Bertz CT molecular complexity index is 1180. The third-order valence-corrected chi connectivity index (χ3v) is 11.5. The van der Waals surface area contributed by atoms with Crippen LogP contribution in [0.3, 0.4) is 0 Å². The number of carbonyl (C=O) groups is 4. The summed E-state index contributed by atoms with van der Waals surface area (Å²) in [5.41, 5.74) is 0.104. The number of unbranched alkanes of at least 4 members (excludes halogenated alkanes) is 28. The summed E-state index contributed by atoms with van der Waals surface area (Å²) < 4.78 is 16.7. The lowest BCUT2D eigenvalue weighted by atomic mass is 10.0. The molecule has 62 heavy (non-hydrogen) atoms. The first kappa shape index (κ1) is 56.9. The Kier molecular flexibility index (Phi) is 36.3. The van der Waals surface area contributed by atoms with E-state index in [2.05, 4.69) is 24.5 Å². The topological polar surface area (TPSA) is 120 Å². The van der Waals surface area contributed by atoms with E-state index in [0.29, 0.717) is 12.8 Å². The highest BCUT2D eigenvalue weighted by atomic mass is 16.6. The van der Waals surface area contributed by atoms with Gasteiger partial charge < -0.3 is 24.8 Å². The van der Waals surface area contributed by atoms with Gasteiger partial charge in [-0.15, -0.1) is 0 Å². The number of amides is 2. The van der Waals surface area contributed by atoms with Crippen molar-refractivity contribution in [2.75, 3.05) is 13.2 Å². The van der Waals surface area contributed by atoms with Crippen LogP contribution in [0.5, 0.6) is 0 Å². The van der Waals surface area contributed by atoms with E-state index >= 15 is 0 Å². The first-order valence-electron chi connectivity index (χ1n) is 25.7. The van der Waals surface area contributed by atoms with Crippen LogP contribution in [0.25, 0.3) is 0 Å². The lowest BCUT2D eigenvalue weighted by Gasteiger charge is -2.25. The van der Waals surface area contributed by atoms with E-state index in [0.717, 1.165) is 44.1 Å². The van der Waals surface area contributed by atoms with Gasteiger partial charge in [0.25, 0.3) is 0 Å². The standard InChI is InChI=1S/C53H94N2O7/c1-6-8-10-12-14-16-18-20-22-24-26-28-30-32-37-41-49(56)60-44-47(54-51(58)48(43-46-39-35-34-36-40-46)55-52(59)62-53(3,4)5)45-61-50(57)42-38-33-31-29-27-25-23-21-19-17-15-13-11-9-7-2/h34-36,39-40,47-48H,6-33,37-38,41-45H2,1-5H3,(H,54,58)(H,55,59). The van der Waals surface area contributed by atoms with Gasteiger partial charge in [-0.2, -0.15) is 0 Å². The molecule has 358 valence electrons. The van der Waals surface area contributed by atoms with E-state index in [4.69, 9.17) is 14.2 Å². The number of esters is 2. The maximum atomic E-state index is 13.7. The molecule has 1 rings (SSSR count). The molecule has 9 nitrogen and oxygen atoms in total. The SMILES string of the molecule is CCCCCCCCCCCCCCCCCC(=O)OCC(COC(=O)CCCCCCCCCCCCCCCCC)NC(=O)C(Cc1ccccc1)NC(=O)OC(C)(C)C. The molecule has 0 saturated carbocycles. The Labute approximate surface area is 380 Å². The lowest BCUT2D eigenvalue weighted by Crippen LogP contribution is -2.53. The van der Waals surface area contributed by atoms with E-state index in [1.165, 1.54) is 154 Å². The smallest absolute Gasteiger partial charge is 0.408 e. The van der Waals surface area contributed by atoms with E-state index in [1.54, 1.807) is 20.8 Å². The highest BCUT2D eigenvalue weighted by Gasteiger charge is 2.27. The van der Waals surface area contributed by atoms with Gasteiger partial charge in [0.2, 0.25) is 5.91 Å². The second-order valence-corrected chi connectivity index (χ2v) is 18.9. The molecule has 0 aliphatic carbocycles. The molecule has 0 aliphatic heterocycles. The molecule has 0 aromatic heterocycles. The lowest BCUT2D eigenvalue weighted by molar-refractivity contribution is -0.149.